The molecular formula is C16H25N3O4S. The Labute approximate surface area is 143 Å². The van der Waals surface area contributed by atoms with E-state index in [9.17, 15) is 13.2 Å². The minimum atomic E-state index is -3.57. The summed E-state index contributed by atoms with van der Waals surface area (Å²) in [5.41, 5.74) is 0.497. The number of ether oxygens (including phenoxy) is 1. The van der Waals surface area contributed by atoms with Crippen LogP contribution < -0.4 is 15.4 Å². The third kappa shape index (κ3) is 3.94. The fraction of sp³-hybridized carbons (Fsp3) is 0.562. The number of rotatable bonds is 6. The number of amides is 1. The van der Waals surface area contributed by atoms with Crippen LogP contribution in [0.4, 0.5) is 5.69 Å². The predicted octanol–water partition coefficient (Wildman–Crippen LogP) is 0.858. The molecule has 3 N–H and O–H groups in total. The molecule has 0 aliphatic carbocycles. The summed E-state index contributed by atoms with van der Waals surface area (Å²) in [6.07, 6.45) is 1.36. The molecule has 0 saturated carbocycles. The molecule has 1 amide bonds. The second-order valence-corrected chi connectivity index (χ2v) is 7.96. The van der Waals surface area contributed by atoms with E-state index in [1.54, 1.807) is 26.2 Å². The number of piperidine rings is 1. The topological polar surface area (TPSA) is 96.5 Å². The number of methoxy groups -OCH3 is 1. The van der Waals surface area contributed by atoms with Crippen molar-refractivity contribution in [2.75, 3.05) is 39.2 Å². The van der Waals surface area contributed by atoms with Crippen LogP contribution in [-0.2, 0) is 19.6 Å². The Morgan fingerprint density at radius 2 is 2.00 bits per heavy atom. The van der Waals surface area contributed by atoms with E-state index in [2.05, 4.69) is 15.4 Å². The molecule has 24 heavy (non-hydrogen) atoms. The Hall–Kier alpha value is -1.48. The zero-order chi connectivity index (χ0) is 17.8. The highest BCUT2D eigenvalue weighted by molar-refractivity contribution is 7.89. The second kappa shape index (κ2) is 7.60. The normalized spacial score (nSPS) is 17.5. The zero-order valence-electron chi connectivity index (χ0n) is 14.3. The molecule has 8 heteroatoms. The largest absolute Gasteiger partial charge is 0.384 e. The maximum atomic E-state index is 12.8. The van der Waals surface area contributed by atoms with Crippen LogP contribution in [0.25, 0.3) is 0 Å². The van der Waals surface area contributed by atoms with Crippen molar-refractivity contribution in [2.24, 2.45) is 5.41 Å². The molecule has 0 spiro atoms. The summed E-state index contributed by atoms with van der Waals surface area (Å²) in [7, 11) is -0.626. The Bertz CT molecular complexity index is 692. The van der Waals surface area contributed by atoms with Gasteiger partial charge in [0.05, 0.1) is 16.9 Å². The van der Waals surface area contributed by atoms with Crippen LogP contribution >= 0.6 is 0 Å². The quantitative estimate of drug-likeness (QED) is 0.703. The van der Waals surface area contributed by atoms with Gasteiger partial charge in [-0.2, -0.15) is 0 Å². The molecule has 1 heterocycles. The summed E-state index contributed by atoms with van der Waals surface area (Å²) in [5.74, 6) is -0.137. The lowest BCUT2D eigenvalue weighted by atomic mass is 9.78. The van der Waals surface area contributed by atoms with E-state index in [0.717, 1.165) is 13.1 Å². The maximum Gasteiger partial charge on any atom is 0.240 e. The van der Waals surface area contributed by atoms with Gasteiger partial charge in [0.15, 0.2) is 0 Å². The lowest BCUT2D eigenvalue weighted by Crippen LogP contribution is -2.47. The van der Waals surface area contributed by atoms with Crippen molar-refractivity contribution in [1.29, 1.82) is 0 Å². The molecule has 1 saturated heterocycles. The molecule has 7 nitrogen and oxygen atoms in total. The van der Waals surface area contributed by atoms with Gasteiger partial charge in [-0.15, -0.1) is 0 Å². The first-order chi connectivity index (χ1) is 11.3. The van der Waals surface area contributed by atoms with Gasteiger partial charge in [0.25, 0.3) is 0 Å². The van der Waals surface area contributed by atoms with Crippen LogP contribution in [0.2, 0.25) is 0 Å². The summed E-state index contributed by atoms with van der Waals surface area (Å²) in [4.78, 5) is 13.0. The van der Waals surface area contributed by atoms with Gasteiger partial charge >= 0.3 is 0 Å². The molecule has 1 aromatic carbocycles. The highest BCUT2D eigenvalue weighted by Gasteiger charge is 2.39. The first-order valence-corrected chi connectivity index (χ1v) is 9.38. The first kappa shape index (κ1) is 18.9. The average Bonchev–Trinajstić information content (AvgIpc) is 2.57. The summed E-state index contributed by atoms with van der Waals surface area (Å²) in [6, 6.07) is 4.88. The molecule has 0 atom stereocenters. The summed E-state index contributed by atoms with van der Waals surface area (Å²) < 4.78 is 31.7. The van der Waals surface area contributed by atoms with Gasteiger partial charge in [0.2, 0.25) is 15.9 Å². The minimum Gasteiger partial charge on any atom is -0.384 e. The lowest BCUT2D eigenvalue weighted by Gasteiger charge is -2.35. The number of hydrogen-bond acceptors (Lipinski definition) is 5. The third-order valence-corrected chi connectivity index (χ3v) is 6.02. The van der Waals surface area contributed by atoms with Gasteiger partial charge in [0.1, 0.15) is 0 Å². The standard InChI is InChI=1S/C16H25N3O4S/c1-12-4-5-13(10-14(12)24(21,22)17-2)19-15(20)16(11-23-3)6-8-18-9-7-16/h4-5,10,17-18H,6-9,11H2,1-3H3,(H,19,20). The monoisotopic (exact) mass is 355 g/mol. The number of benzene rings is 1. The molecular weight excluding hydrogens is 330 g/mol. The average molecular weight is 355 g/mol. The SMILES string of the molecule is CNS(=O)(=O)c1cc(NC(=O)C2(COC)CCNCC2)ccc1C. The van der Waals surface area contributed by atoms with Crippen LogP contribution in [0, 0.1) is 12.3 Å². The fourth-order valence-electron chi connectivity index (χ4n) is 2.96. The maximum absolute atomic E-state index is 12.8. The fourth-order valence-corrected chi connectivity index (χ4v) is 3.95. The zero-order valence-corrected chi connectivity index (χ0v) is 15.1. The van der Waals surface area contributed by atoms with Crippen LogP contribution in [0.3, 0.4) is 0 Å². The molecule has 0 aromatic heterocycles. The summed E-state index contributed by atoms with van der Waals surface area (Å²) in [5, 5.41) is 6.10. The van der Waals surface area contributed by atoms with Gasteiger partial charge in [-0.25, -0.2) is 13.1 Å². The number of sulfonamides is 1. The smallest absolute Gasteiger partial charge is 0.240 e. The van der Waals surface area contributed by atoms with Crippen molar-refractivity contribution in [3.05, 3.63) is 23.8 Å². The molecule has 0 bridgehead atoms. The van der Waals surface area contributed by atoms with E-state index in [4.69, 9.17) is 4.74 Å². The molecule has 0 radical (unpaired) electrons. The Kier molecular flexibility index (Phi) is 5.97. The number of hydrogen-bond donors (Lipinski definition) is 3. The van der Waals surface area contributed by atoms with E-state index in [1.165, 1.54) is 13.1 Å². The van der Waals surface area contributed by atoms with Gasteiger partial charge in [-0.1, -0.05) is 6.07 Å². The van der Waals surface area contributed by atoms with Gasteiger partial charge in [-0.05, 0) is 57.6 Å². The number of nitrogens with one attached hydrogen (secondary N) is 3. The van der Waals surface area contributed by atoms with Crippen molar-refractivity contribution in [3.63, 3.8) is 0 Å². The van der Waals surface area contributed by atoms with Crippen LogP contribution in [0.15, 0.2) is 23.1 Å². The van der Waals surface area contributed by atoms with E-state index in [0.29, 0.717) is 30.7 Å². The summed E-state index contributed by atoms with van der Waals surface area (Å²) in [6.45, 7) is 3.57. The molecule has 2 rings (SSSR count). The van der Waals surface area contributed by atoms with E-state index < -0.39 is 15.4 Å². The Balaban J connectivity index is 2.27. The molecule has 1 fully saturated rings. The molecule has 1 aliphatic heterocycles. The van der Waals surface area contributed by atoms with Gasteiger partial charge < -0.3 is 15.4 Å². The highest BCUT2D eigenvalue weighted by atomic mass is 32.2. The van der Waals surface area contributed by atoms with Gasteiger partial charge in [0, 0.05) is 12.8 Å². The van der Waals surface area contributed by atoms with Crippen LogP contribution in [0.1, 0.15) is 18.4 Å². The van der Waals surface area contributed by atoms with Crippen molar-refractivity contribution in [1.82, 2.24) is 10.0 Å². The first-order valence-electron chi connectivity index (χ1n) is 7.90. The highest BCUT2D eigenvalue weighted by Crippen LogP contribution is 2.31. The Morgan fingerprint density at radius 1 is 1.33 bits per heavy atom. The lowest BCUT2D eigenvalue weighted by molar-refractivity contribution is -0.130. The number of aryl methyl sites for hydroxylation is 1. The second-order valence-electron chi connectivity index (χ2n) is 6.11. The molecule has 1 aromatic rings. The molecule has 0 unspecified atom stereocenters. The van der Waals surface area contributed by atoms with Crippen LogP contribution in [0.5, 0.6) is 0 Å². The number of carbonyl (C=O) groups excluding carboxylic acids is 1. The molecule has 134 valence electrons. The van der Waals surface area contributed by atoms with Crippen molar-refractivity contribution < 1.29 is 17.9 Å². The molecule has 1 aliphatic rings. The van der Waals surface area contributed by atoms with Crippen molar-refractivity contribution in [3.8, 4) is 0 Å². The van der Waals surface area contributed by atoms with Crippen molar-refractivity contribution in [2.45, 2.75) is 24.7 Å². The summed E-state index contributed by atoms with van der Waals surface area (Å²) >= 11 is 0. The number of anilines is 1. The predicted molar refractivity (Wildman–Crippen MR) is 92.5 cm³/mol. The minimum absolute atomic E-state index is 0.137. The van der Waals surface area contributed by atoms with Crippen molar-refractivity contribution >= 4 is 21.6 Å². The number of carbonyl (C=O) groups is 1. The third-order valence-electron chi connectivity index (χ3n) is 4.47. The van der Waals surface area contributed by atoms with E-state index in [-0.39, 0.29) is 10.8 Å². The Morgan fingerprint density at radius 3 is 2.58 bits per heavy atom. The van der Waals surface area contributed by atoms with E-state index >= 15 is 0 Å². The van der Waals surface area contributed by atoms with Crippen LogP contribution in [-0.4, -0.2) is 48.2 Å². The van der Waals surface area contributed by atoms with E-state index in [1.807, 2.05) is 0 Å². The van der Waals surface area contributed by atoms with Gasteiger partial charge in [-0.3, -0.25) is 4.79 Å².